The van der Waals surface area contributed by atoms with E-state index in [-0.39, 0.29) is 22.8 Å². The van der Waals surface area contributed by atoms with Crippen molar-refractivity contribution < 1.29 is 13.2 Å². The molecule has 2 nitrogen and oxygen atoms in total. The van der Waals surface area contributed by atoms with Gasteiger partial charge in [-0.2, -0.15) is 0 Å². The second kappa shape index (κ2) is 7.05. The molecule has 0 bridgehead atoms. The van der Waals surface area contributed by atoms with Gasteiger partial charge < -0.3 is 0 Å². The number of benzene rings is 2. The molecule has 5 heteroatoms. The van der Waals surface area contributed by atoms with Crippen LogP contribution < -0.4 is 0 Å². The molecular formula is C20H17F3N2. The summed E-state index contributed by atoms with van der Waals surface area (Å²) in [5.74, 6) is -2.19. The first-order valence-electron chi connectivity index (χ1n) is 8.07. The minimum absolute atomic E-state index is 0.0200. The minimum atomic E-state index is -0.983. The summed E-state index contributed by atoms with van der Waals surface area (Å²) in [5.41, 5.74) is 1.98. The van der Waals surface area contributed by atoms with Crippen LogP contribution in [0.3, 0.4) is 0 Å². The summed E-state index contributed by atoms with van der Waals surface area (Å²) >= 11 is 0. The van der Waals surface area contributed by atoms with E-state index in [0.717, 1.165) is 18.4 Å². The van der Waals surface area contributed by atoms with Crippen molar-refractivity contribution in [2.24, 2.45) is 0 Å². The zero-order valence-corrected chi connectivity index (χ0v) is 14.0. The van der Waals surface area contributed by atoms with E-state index in [1.54, 1.807) is 6.07 Å². The van der Waals surface area contributed by atoms with Gasteiger partial charge in [0.05, 0.1) is 5.56 Å². The Kier molecular flexibility index (Phi) is 4.83. The van der Waals surface area contributed by atoms with Gasteiger partial charge in [-0.05, 0) is 36.6 Å². The van der Waals surface area contributed by atoms with E-state index in [9.17, 15) is 13.2 Å². The highest BCUT2D eigenvalue weighted by Gasteiger charge is 2.15. The highest BCUT2D eigenvalue weighted by Crippen LogP contribution is 2.26. The van der Waals surface area contributed by atoms with Crippen molar-refractivity contribution in [1.82, 2.24) is 9.97 Å². The molecule has 3 rings (SSSR count). The van der Waals surface area contributed by atoms with Crippen molar-refractivity contribution in [3.8, 4) is 22.5 Å². The van der Waals surface area contributed by atoms with Gasteiger partial charge in [-0.1, -0.05) is 31.5 Å². The molecule has 0 atom stereocenters. The second-order valence-corrected chi connectivity index (χ2v) is 5.92. The Balaban J connectivity index is 1.94. The molecule has 25 heavy (non-hydrogen) atoms. The lowest BCUT2D eigenvalue weighted by atomic mass is 10.0. The van der Waals surface area contributed by atoms with Gasteiger partial charge in [0.25, 0.3) is 0 Å². The van der Waals surface area contributed by atoms with E-state index in [1.165, 1.54) is 37.5 Å². The number of aryl methyl sites for hydroxylation is 2. The van der Waals surface area contributed by atoms with Gasteiger partial charge in [0.2, 0.25) is 0 Å². The van der Waals surface area contributed by atoms with Crippen molar-refractivity contribution in [1.29, 1.82) is 0 Å². The molecule has 0 aliphatic heterocycles. The van der Waals surface area contributed by atoms with Gasteiger partial charge >= 0.3 is 0 Å². The molecule has 2 aromatic carbocycles. The molecule has 0 N–H and O–H groups in total. The molecule has 1 heterocycles. The Labute approximate surface area is 144 Å². The number of hydrogen-bond acceptors (Lipinski definition) is 2. The van der Waals surface area contributed by atoms with E-state index in [2.05, 4.69) is 9.97 Å². The number of hydrogen-bond donors (Lipinski definition) is 0. The van der Waals surface area contributed by atoms with Crippen LogP contribution in [0.4, 0.5) is 13.2 Å². The highest BCUT2D eigenvalue weighted by molar-refractivity contribution is 5.65. The van der Waals surface area contributed by atoms with Crippen LogP contribution in [0.2, 0.25) is 0 Å². The molecule has 0 aliphatic carbocycles. The Bertz CT molecular complexity index is 906. The van der Waals surface area contributed by atoms with Crippen molar-refractivity contribution in [3.05, 3.63) is 71.3 Å². The van der Waals surface area contributed by atoms with E-state index >= 15 is 0 Å². The molecule has 0 radical (unpaired) electrons. The summed E-state index contributed by atoms with van der Waals surface area (Å²) in [5, 5.41) is 0. The van der Waals surface area contributed by atoms with Gasteiger partial charge in [0.1, 0.15) is 5.82 Å². The van der Waals surface area contributed by atoms with Crippen LogP contribution in [0.25, 0.3) is 22.5 Å². The lowest BCUT2D eigenvalue weighted by Gasteiger charge is -2.08. The fraction of sp³-hybridized carbons (Fsp3) is 0.200. The smallest absolute Gasteiger partial charge is 0.170 e. The fourth-order valence-electron chi connectivity index (χ4n) is 2.66. The predicted octanol–water partition coefficient (Wildman–Crippen LogP) is 5.49. The maximum absolute atomic E-state index is 14.3. The maximum Gasteiger partial charge on any atom is 0.170 e. The Morgan fingerprint density at radius 3 is 2.20 bits per heavy atom. The van der Waals surface area contributed by atoms with Crippen LogP contribution in [-0.2, 0) is 6.42 Å². The minimum Gasteiger partial charge on any atom is -0.236 e. The standard InChI is InChI=1S/C20H17F3N2/c1-3-4-13-6-8-15(17(21)9-13)14-10-24-20(25-11-14)16-7-5-12(2)18(22)19(16)23/h5-11H,3-4H2,1-2H3. The zero-order valence-electron chi connectivity index (χ0n) is 14.0. The van der Waals surface area contributed by atoms with Crippen molar-refractivity contribution in [2.45, 2.75) is 26.7 Å². The summed E-state index contributed by atoms with van der Waals surface area (Å²) in [7, 11) is 0. The largest absolute Gasteiger partial charge is 0.236 e. The number of nitrogens with zero attached hydrogens (tertiary/aromatic N) is 2. The van der Waals surface area contributed by atoms with E-state index in [0.29, 0.717) is 11.1 Å². The summed E-state index contributed by atoms with van der Waals surface area (Å²) in [6.45, 7) is 3.52. The molecule has 0 spiro atoms. The third-order valence-corrected chi connectivity index (χ3v) is 4.05. The molecule has 3 aromatic rings. The SMILES string of the molecule is CCCc1ccc(-c2cnc(-c3ccc(C)c(F)c3F)nc2)c(F)c1. The van der Waals surface area contributed by atoms with Crippen LogP contribution in [0.15, 0.2) is 42.7 Å². The lowest BCUT2D eigenvalue weighted by molar-refractivity contribution is 0.505. The summed E-state index contributed by atoms with van der Waals surface area (Å²) in [4.78, 5) is 8.14. The summed E-state index contributed by atoms with van der Waals surface area (Å²) in [6, 6.07) is 7.96. The fourth-order valence-corrected chi connectivity index (χ4v) is 2.66. The molecule has 0 saturated heterocycles. The lowest BCUT2D eigenvalue weighted by Crippen LogP contribution is -1.97. The third kappa shape index (κ3) is 3.40. The molecular weight excluding hydrogens is 325 g/mol. The van der Waals surface area contributed by atoms with Crippen molar-refractivity contribution >= 4 is 0 Å². The normalized spacial score (nSPS) is 10.9. The summed E-state index contributed by atoms with van der Waals surface area (Å²) < 4.78 is 42.0. The van der Waals surface area contributed by atoms with Crippen LogP contribution in [0, 0.1) is 24.4 Å². The van der Waals surface area contributed by atoms with Crippen molar-refractivity contribution in [3.63, 3.8) is 0 Å². The van der Waals surface area contributed by atoms with Gasteiger partial charge in [-0.15, -0.1) is 0 Å². The van der Waals surface area contributed by atoms with E-state index in [4.69, 9.17) is 0 Å². The molecule has 0 amide bonds. The van der Waals surface area contributed by atoms with Gasteiger partial charge in [0.15, 0.2) is 17.5 Å². The molecule has 0 saturated carbocycles. The Morgan fingerprint density at radius 1 is 0.880 bits per heavy atom. The van der Waals surface area contributed by atoms with E-state index < -0.39 is 11.6 Å². The highest BCUT2D eigenvalue weighted by atomic mass is 19.2. The summed E-state index contributed by atoms with van der Waals surface area (Å²) in [6.07, 6.45) is 4.58. The van der Waals surface area contributed by atoms with Gasteiger partial charge in [0, 0.05) is 23.5 Å². The van der Waals surface area contributed by atoms with Gasteiger partial charge in [-0.25, -0.2) is 23.1 Å². The maximum atomic E-state index is 14.3. The first-order chi connectivity index (χ1) is 12.0. The van der Waals surface area contributed by atoms with Crippen LogP contribution in [-0.4, -0.2) is 9.97 Å². The quantitative estimate of drug-likeness (QED) is 0.627. The molecule has 0 fully saturated rings. The monoisotopic (exact) mass is 342 g/mol. The van der Waals surface area contributed by atoms with Crippen LogP contribution >= 0.6 is 0 Å². The molecule has 128 valence electrons. The van der Waals surface area contributed by atoms with Crippen molar-refractivity contribution in [2.75, 3.05) is 0 Å². The molecule has 1 aromatic heterocycles. The average molecular weight is 342 g/mol. The van der Waals surface area contributed by atoms with E-state index in [1.807, 2.05) is 13.0 Å². The van der Waals surface area contributed by atoms with Crippen LogP contribution in [0.1, 0.15) is 24.5 Å². The molecule has 0 aliphatic rings. The first kappa shape index (κ1) is 17.1. The van der Waals surface area contributed by atoms with Crippen LogP contribution in [0.5, 0.6) is 0 Å². The first-order valence-corrected chi connectivity index (χ1v) is 8.07. The second-order valence-electron chi connectivity index (χ2n) is 5.92. The Hall–Kier alpha value is -2.69. The number of aromatic nitrogens is 2. The van der Waals surface area contributed by atoms with Gasteiger partial charge in [-0.3, -0.25) is 0 Å². The average Bonchev–Trinajstić information content (AvgIpc) is 2.61. The number of halogens is 3. The zero-order chi connectivity index (χ0) is 18.0. The predicted molar refractivity (Wildman–Crippen MR) is 91.5 cm³/mol. The third-order valence-electron chi connectivity index (χ3n) is 4.05. The Morgan fingerprint density at radius 2 is 1.56 bits per heavy atom. The topological polar surface area (TPSA) is 25.8 Å². The molecule has 0 unspecified atom stereocenters. The number of rotatable bonds is 4.